The first-order valence-corrected chi connectivity index (χ1v) is 10.2. The summed E-state index contributed by atoms with van der Waals surface area (Å²) in [7, 11) is 0. The third-order valence-electron chi connectivity index (χ3n) is 0. The molecule has 0 rings (SSSR count). The number of rotatable bonds is 0. The molecular weight excluding hydrogens is 645 g/mol. The summed E-state index contributed by atoms with van der Waals surface area (Å²) in [5, 5.41) is 34.1. The molecule has 0 aromatic carbocycles. The van der Waals surface area contributed by atoms with Crippen molar-refractivity contribution >= 4 is 0 Å². The Hall–Kier alpha value is 1.18. The molecule has 4 N–H and O–H groups in total. The van der Waals surface area contributed by atoms with Gasteiger partial charge in [0.1, 0.15) is 0 Å². The van der Waals surface area contributed by atoms with E-state index in [0.29, 0.717) is 0 Å². The minimum absolute atomic E-state index is 0. The Morgan fingerprint density at radius 1 is 0.458 bits per heavy atom. The molecule has 0 fully saturated rings. The van der Waals surface area contributed by atoms with E-state index in [1.165, 1.54) is 0 Å². The van der Waals surface area contributed by atoms with E-state index in [1.54, 1.807) is 83.1 Å². The van der Waals surface area contributed by atoms with Crippen molar-refractivity contribution in [2.75, 3.05) is 0 Å². The maximum atomic E-state index is 8.57. The van der Waals surface area contributed by atoms with Gasteiger partial charge < -0.3 is 20.4 Å². The average Bonchev–Trinajstić information content (AvgIpc) is 1.87. The molecule has 0 bridgehead atoms. The van der Waals surface area contributed by atoms with Gasteiger partial charge >= 0.3 is 28.6 Å². The second kappa shape index (κ2) is 19.0. The molecule has 0 aliphatic carbocycles. The fourth-order valence-corrected chi connectivity index (χ4v) is 0. The molecule has 0 aliphatic heterocycles. The van der Waals surface area contributed by atoms with Gasteiger partial charge in [-0.05, 0) is 83.1 Å². The summed E-state index contributed by atoms with van der Waals surface area (Å²) in [6.45, 7) is 20.9. The van der Waals surface area contributed by atoms with Crippen molar-refractivity contribution in [2.45, 2.75) is 105 Å². The van der Waals surface area contributed by atoms with Crippen molar-refractivity contribution in [2.24, 2.45) is 0 Å². The van der Waals surface area contributed by atoms with Gasteiger partial charge in [0.05, 0.1) is 22.4 Å². The molecule has 0 aromatic rings. The van der Waals surface area contributed by atoms with Crippen LogP contribution in [0.25, 0.3) is 0 Å². The molecule has 0 heterocycles. The van der Waals surface area contributed by atoms with Crippen LogP contribution >= 0.6 is 0 Å². The molecule has 0 amide bonds. The van der Waals surface area contributed by atoms with Crippen LogP contribution in [0, 0.1) is 0 Å². The molecule has 0 saturated carbocycles. The zero-order chi connectivity index (χ0) is 20.7. The Morgan fingerprint density at radius 2 is 0.458 bits per heavy atom. The zero-order valence-corrected chi connectivity index (χ0v) is 24.8. The summed E-state index contributed by atoms with van der Waals surface area (Å²) >= 11 is -2.42. The second-order valence-corrected chi connectivity index (χ2v) is 9.37. The molecule has 0 aromatic heterocycles. The van der Waals surface area contributed by atoms with E-state index < -0.39 is 45.3 Å². The van der Waals surface area contributed by atoms with Crippen LogP contribution in [0.5, 0.6) is 0 Å². The van der Waals surface area contributed by atoms with Gasteiger partial charge in [-0.2, -0.15) is 0 Å². The molecule has 148 valence electrons. The van der Waals surface area contributed by atoms with Crippen LogP contribution in [-0.2, 0) is 54.5 Å². The van der Waals surface area contributed by atoms with Crippen LogP contribution in [0.15, 0.2) is 0 Å². The molecule has 0 atom stereocenters. The Labute approximate surface area is 179 Å². The van der Waals surface area contributed by atoms with Crippen LogP contribution in [0.4, 0.5) is 0 Å². The fourth-order valence-electron chi connectivity index (χ4n) is 0. The van der Waals surface area contributed by atoms with Crippen molar-refractivity contribution in [1.82, 2.24) is 0 Å². The average molecular weight is 685 g/mol. The van der Waals surface area contributed by atoms with Gasteiger partial charge in [0.15, 0.2) is 0 Å². The number of hydrogen-bond acceptors (Lipinski definition) is 6. The first kappa shape index (κ1) is 40.0. The van der Waals surface area contributed by atoms with Crippen molar-refractivity contribution in [1.29, 1.82) is 0 Å². The zero-order valence-electron chi connectivity index (χ0n) is 17.6. The van der Waals surface area contributed by atoms with Gasteiger partial charge in [0.25, 0.3) is 0 Å². The van der Waals surface area contributed by atoms with Crippen LogP contribution < -0.4 is 0 Å². The van der Waals surface area contributed by atoms with Crippen LogP contribution in [0.1, 0.15) is 83.1 Å². The van der Waals surface area contributed by atoms with Gasteiger partial charge in [0.2, 0.25) is 0 Å². The van der Waals surface area contributed by atoms with Gasteiger partial charge in [-0.15, -0.1) is 0 Å². The molecule has 24 heavy (non-hydrogen) atoms. The molecule has 8 heteroatoms. The van der Waals surface area contributed by atoms with E-state index >= 15 is 0 Å². The van der Waals surface area contributed by atoms with Crippen molar-refractivity contribution in [3.63, 3.8) is 0 Å². The van der Waals surface area contributed by atoms with Crippen LogP contribution in [0.2, 0.25) is 0 Å². The van der Waals surface area contributed by atoms with Gasteiger partial charge in [-0.1, -0.05) is 0 Å². The molecule has 6 nitrogen and oxygen atoms in total. The van der Waals surface area contributed by atoms with E-state index in [4.69, 9.17) is 26.1 Å². The molecule has 0 spiro atoms. The molecule has 0 unspecified atom stereocenters. The van der Waals surface area contributed by atoms with Crippen molar-refractivity contribution in [3.05, 3.63) is 0 Å². The van der Waals surface area contributed by atoms with Gasteiger partial charge in [-0.25, -0.2) is 0 Å². The van der Waals surface area contributed by atoms with Crippen molar-refractivity contribution in [3.8, 4) is 0 Å². The second-order valence-electron chi connectivity index (χ2n) is 8.77. The van der Waals surface area contributed by atoms with Crippen LogP contribution in [-0.4, -0.2) is 42.8 Å². The SMILES string of the molecule is CC(C)(C)O.CC(C)(C)O.CC(C)(C)O.CC(C)(C)O.[Hf].[O]=[Hf]=[O]. The van der Waals surface area contributed by atoms with E-state index in [-0.39, 0.29) is 25.8 Å². The summed E-state index contributed by atoms with van der Waals surface area (Å²) in [5.41, 5.74) is -2.00. The summed E-state index contributed by atoms with van der Waals surface area (Å²) < 4.78 is 17.1. The predicted octanol–water partition coefficient (Wildman–Crippen LogP) is 2.87. The fraction of sp³-hybridized carbons (Fsp3) is 1.00. The summed E-state index contributed by atoms with van der Waals surface area (Å²) in [5.74, 6) is 0. The molecular formula is C16H40Hf2O6. The Bertz CT molecular complexity index is 203. The Kier molecular flexibility index (Phi) is 31.6. The topological polar surface area (TPSA) is 115 Å². The van der Waals surface area contributed by atoms with Crippen LogP contribution in [0.3, 0.4) is 0 Å². The summed E-state index contributed by atoms with van der Waals surface area (Å²) in [6, 6.07) is 0. The summed E-state index contributed by atoms with van der Waals surface area (Å²) in [6.07, 6.45) is 0. The maximum absolute atomic E-state index is 8.57. The first-order chi connectivity index (χ1) is 9.41. The van der Waals surface area contributed by atoms with Gasteiger partial charge in [0, 0.05) is 25.8 Å². The third-order valence-corrected chi connectivity index (χ3v) is 0. The number of hydrogen-bond donors (Lipinski definition) is 4. The monoisotopic (exact) mass is 688 g/mol. The minimum atomic E-state index is -2.42. The summed E-state index contributed by atoms with van der Waals surface area (Å²) in [4.78, 5) is 0. The van der Waals surface area contributed by atoms with E-state index in [2.05, 4.69) is 0 Å². The van der Waals surface area contributed by atoms with E-state index in [1.807, 2.05) is 0 Å². The normalized spacial score (nSPS) is 10.3. The Balaban J connectivity index is -0.0000000422. The van der Waals surface area contributed by atoms with E-state index in [0.717, 1.165) is 0 Å². The molecule has 0 radical (unpaired) electrons. The van der Waals surface area contributed by atoms with E-state index in [9.17, 15) is 0 Å². The predicted molar refractivity (Wildman–Crippen MR) is 89.3 cm³/mol. The standard InChI is InChI=1S/4C4H10O.2Hf.2O/c4*1-4(2,3)5;;;;/h4*5H,1-3H3;;;;. The molecule has 0 saturated heterocycles. The quantitative estimate of drug-likeness (QED) is 0.292. The number of aliphatic hydroxyl groups is 4. The third kappa shape index (κ3) is 8190. The van der Waals surface area contributed by atoms with Gasteiger partial charge in [-0.3, -0.25) is 0 Å². The Morgan fingerprint density at radius 3 is 0.458 bits per heavy atom. The molecule has 0 aliphatic rings. The first-order valence-electron chi connectivity index (χ1n) is 7.30. The van der Waals surface area contributed by atoms with Crippen molar-refractivity contribution < 1.29 is 74.9 Å².